The Morgan fingerprint density at radius 2 is 1.50 bits per heavy atom. The van der Waals surface area contributed by atoms with Gasteiger partial charge in [-0.15, -0.1) is 0 Å². The van der Waals surface area contributed by atoms with Gasteiger partial charge in [-0.25, -0.2) is 0 Å². The minimum atomic E-state index is -0.775. The van der Waals surface area contributed by atoms with Gasteiger partial charge in [0.2, 0.25) is 5.91 Å². The van der Waals surface area contributed by atoms with Crippen molar-refractivity contribution in [2.45, 2.75) is 50.8 Å². The molecule has 0 aromatic heterocycles. The van der Waals surface area contributed by atoms with Crippen molar-refractivity contribution in [3.8, 4) is 0 Å². The Bertz CT molecular complexity index is 772. The molecule has 3 rings (SSSR count). The lowest BCUT2D eigenvalue weighted by molar-refractivity contribution is -0.282. The van der Waals surface area contributed by atoms with E-state index in [0.29, 0.717) is 13.2 Å². The number of hydrogen-bond donors (Lipinski definition) is 2. The van der Waals surface area contributed by atoms with Crippen molar-refractivity contribution in [2.24, 2.45) is 0 Å². The monoisotopic (exact) mass is 415 g/mol. The Morgan fingerprint density at radius 3 is 1.97 bits per heavy atom. The van der Waals surface area contributed by atoms with Crippen LogP contribution in [-0.4, -0.2) is 55.4 Å². The predicted octanol–water partition coefficient (Wildman–Crippen LogP) is 2.03. The largest absolute Gasteiger partial charge is 0.394 e. The SMILES string of the molecule is CO[C@@H]1OC(CO)[C@@H](OCc2ccccc2)C(OCc2ccccc2)C1NC(C)=O. The highest BCUT2D eigenvalue weighted by Crippen LogP contribution is 2.28. The van der Waals surface area contributed by atoms with Crippen LogP contribution in [0.15, 0.2) is 60.7 Å². The highest BCUT2D eigenvalue weighted by Gasteiger charge is 2.48. The molecule has 2 N–H and O–H groups in total. The first kappa shape index (κ1) is 22.4. The van der Waals surface area contributed by atoms with Crippen LogP contribution in [0, 0.1) is 0 Å². The first-order valence-corrected chi connectivity index (χ1v) is 9.99. The molecule has 0 aliphatic carbocycles. The first-order chi connectivity index (χ1) is 14.6. The maximum atomic E-state index is 11.9. The number of hydrogen-bond acceptors (Lipinski definition) is 6. The van der Waals surface area contributed by atoms with Crippen LogP contribution >= 0.6 is 0 Å². The molecular weight excluding hydrogens is 386 g/mol. The summed E-state index contributed by atoms with van der Waals surface area (Å²) in [5.74, 6) is -0.233. The molecule has 7 heteroatoms. The molecular formula is C23H29NO6. The fraction of sp³-hybridized carbons (Fsp3) is 0.435. The van der Waals surface area contributed by atoms with Crippen LogP contribution in [-0.2, 0) is 37.0 Å². The molecule has 1 heterocycles. The molecule has 3 unspecified atom stereocenters. The second kappa shape index (κ2) is 11.2. The van der Waals surface area contributed by atoms with Crippen LogP contribution in [0.3, 0.4) is 0 Å². The zero-order valence-electron chi connectivity index (χ0n) is 17.3. The normalized spacial score (nSPS) is 26.3. The maximum absolute atomic E-state index is 11.9. The molecule has 0 spiro atoms. The van der Waals surface area contributed by atoms with Crippen molar-refractivity contribution in [3.63, 3.8) is 0 Å². The third kappa shape index (κ3) is 5.87. The second-order valence-corrected chi connectivity index (χ2v) is 7.21. The molecule has 1 aliphatic rings. The number of amides is 1. The van der Waals surface area contributed by atoms with E-state index in [1.165, 1.54) is 14.0 Å². The molecule has 1 amide bonds. The number of carbonyl (C=O) groups excluding carboxylic acids is 1. The van der Waals surface area contributed by atoms with Crippen molar-refractivity contribution in [1.82, 2.24) is 5.32 Å². The average molecular weight is 415 g/mol. The van der Waals surface area contributed by atoms with Gasteiger partial charge < -0.3 is 29.4 Å². The molecule has 162 valence electrons. The predicted molar refractivity (Wildman–Crippen MR) is 110 cm³/mol. The van der Waals surface area contributed by atoms with Gasteiger partial charge in [-0.1, -0.05) is 60.7 Å². The Morgan fingerprint density at radius 1 is 0.967 bits per heavy atom. The standard InChI is InChI=1S/C23H29NO6/c1-16(26)24-20-22(29-15-18-11-7-4-8-12-18)21(19(13-25)30-23(20)27-2)28-14-17-9-5-3-6-10-17/h3-12,19-23,25H,13-15H2,1-2H3,(H,24,26)/t19?,20?,21-,22?,23-/m1/s1. The fourth-order valence-corrected chi connectivity index (χ4v) is 3.57. The topological polar surface area (TPSA) is 86.2 Å². The van der Waals surface area contributed by atoms with Crippen LogP contribution in [0.2, 0.25) is 0 Å². The summed E-state index contributed by atoms with van der Waals surface area (Å²) < 4.78 is 23.7. The highest BCUT2D eigenvalue weighted by molar-refractivity contribution is 5.73. The van der Waals surface area contributed by atoms with E-state index in [0.717, 1.165) is 11.1 Å². The van der Waals surface area contributed by atoms with E-state index in [1.807, 2.05) is 60.7 Å². The van der Waals surface area contributed by atoms with Crippen LogP contribution < -0.4 is 5.32 Å². The third-order valence-corrected chi connectivity index (χ3v) is 5.00. The van der Waals surface area contributed by atoms with Gasteiger partial charge in [-0.05, 0) is 11.1 Å². The number of benzene rings is 2. The van der Waals surface area contributed by atoms with Crippen LogP contribution in [0.1, 0.15) is 18.1 Å². The van der Waals surface area contributed by atoms with Crippen molar-refractivity contribution in [2.75, 3.05) is 13.7 Å². The molecule has 1 aliphatic heterocycles. The zero-order valence-corrected chi connectivity index (χ0v) is 17.3. The quantitative estimate of drug-likeness (QED) is 0.652. The molecule has 0 radical (unpaired) electrons. The summed E-state index contributed by atoms with van der Waals surface area (Å²) in [6.07, 6.45) is -2.64. The highest BCUT2D eigenvalue weighted by atomic mass is 16.7. The zero-order chi connectivity index (χ0) is 21.3. The lowest BCUT2D eigenvalue weighted by atomic mass is 9.96. The Balaban J connectivity index is 1.83. The van der Waals surface area contributed by atoms with Gasteiger partial charge in [-0.2, -0.15) is 0 Å². The van der Waals surface area contributed by atoms with E-state index in [1.54, 1.807) is 0 Å². The molecule has 2 aromatic rings. The number of aliphatic hydroxyl groups excluding tert-OH is 1. The summed E-state index contributed by atoms with van der Waals surface area (Å²) >= 11 is 0. The Hall–Kier alpha value is -2.29. The van der Waals surface area contributed by atoms with Gasteiger partial charge in [0.05, 0.1) is 19.8 Å². The average Bonchev–Trinajstić information content (AvgIpc) is 2.77. The van der Waals surface area contributed by atoms with Crippen molar-refractivity contribution in [3.05, 3.63) is 71.8 Å². The Kier molecular flexibility index (Phi) is 8.36. The molecule has 5 atom stereocenters. The van der Waals surface area contributed by atoms with Crippen LogP contribution in [0.5, 0.6) is 0 Å². The molecule has 1 saturated heterocycles. The lowest BCUT2D eigenvalue weighted by Gasteiger charge is -2.45. The fourth-order valence-electron chi connectivity index (χ4n) is 3.57. The van der Waals surface area contributed by atoms with E-state index in [-0.39, 0.29) is 12.5 Å². The number of aliphatic hydroxyl groups is 1. The third-order valence-electron chi connectivity index (χ3n) is 5.00. The lowest BCUT2D eigenvalue weighted by Crippen LogP contribution is -2.65. The smallest absolute Gasteiger partial charge is 0.217 e. The number of ether oxygens (including phenoxy) is 4. The van der Waals surface area contributed by atoms with E-state index in [9.17, 15) is 9.90 Å². The molecule has 7 nitrogen and oxygen atoms in total. The molecule has 30 heavy (non-hydrogen) atoms. The van der Waals surface area contributed by atoms with Gasteiger partial charge in [0.1, 0.15) is 24.4 Å². The van der Waals surface area contributed by atoms with E-state index >= 15 is 0 Å². The number of rotatable bonds is 9. The minimum Gasteiger partial charge on any atom is -0.394 e. The number of carbonyl (C=O) groups is 1. The molecule has 1 fully saturated rings. The van der Waals surface area contributed by atoms with Crippen LogP contribution in [0.4, 0.5) is 0 Å². The summed E-state index contributed by atoms with van der Waals surface area (Å²) in [6, 6.07) is 18.9. The molecule has 0 bridgehead atoms. The summed E-state index contributed by atoms with van der Waals surface area (Å²) in [7, 11) is 1.49. The first-order valence-electron chi connectivity index (χ1n) is 9.99. The van der Waals surface area contributed by atoms with Gasteiger partial charge in [-0.3, -0.25) is 4.79 Å². The summed E-state index contributed by atoms with van der Waals surface area (Å²) in [5.41, 5.74) is 1.97. The summed E-state index contributed by atoms with van der Waals surface area (Å²) in [6.45, 7) is 1.80. The van der Waals surface area contributed by atoms with E-state index in [4.69, 9.17) is 18.9 Å². The van der Waals surface area contributed by atoms with Gasteiger partial charge >= 0.3 is 0 Å². The Labute approximate surface area is 176 Å². The van der Waals surface area contributed by atoms with E-state index < -0.39 is 30.6 Å². The van der Waals surface area contributed by atoms with Gasteiger partial charge in [0.25, 0.3) is 0 Å². The summed E-state index contributed by atoms with van der Waals surface area (Å²) in [5, 5.41) is 12.8. The molecule has 2 aromatic carbocycles. The van der Waals surface area contributed by atoms with Crippen molar-refractivity contribution < 1.29 is 28.8 Å². The van der Waals surface area contributed by atoms with Crippen molar-refractivity contribution >= 4 is 5.91 Å². The van der Waals surface area contributed by atoms with E-state index in [2.05, 4.69) is 5.32 Å². The van der Waals surface area contributed by atoms with Gasteiger partial charge in [0.15, 0.2) is 6.29 Å². The molecule has 0 saturated carbocycles. The van der Waals surface area contributed by atoms with Crippen molar-refractivity contribution in [1.29, 1.82) is 0 Å². The summed E-state index contributed by atoms with van der Waals surface area (Å²) in [4.78, 5) is 11.9. The second-order valence-electron chi connectivity index (χ2n) is 7.21. The number of nitrogens with one attached hydrogen (secondary N) is 1. The maximum Gasteiger partial charge on any atom is 0.217 e. The number of methoxy groups -OCH3 is 1. The minimum absolute atomic E-state index is 0.233. The van der Waals surface area contributed by atoms with Crippen LogP contribution in [0.25, 0.3) is 0 Å². The van der Waals surface area contributed by atoms with Gasteiger partial charge in [0, 0.05) is 14.0 Å².